The molecule has 0 unspecified atom stereocenters. The molecular formula is C11H17ClFNO. The normalized spacial score (nSPS) is 13.9. The maximum atomic E-state index is 11.9. The first kappa shape index (κ1) is 14.2. The molecule has 0 N–H and O–H groups in total. The number of allylic oxidation sites excluding steroid dienone is 3. The molecule has 4 heteroatoms. The van der Waals surface area contributed by atoms with Crippen molar-refractivity contribution in [1.29, 1.82) is 0 Å². The first-order valence-corrected chi connectivity index (χ1v) is 5.14. The number of hydrogen-bond acceptors (Lipinski definition) is 2. The van der Waals surface area contributed by atoms with Crippen LogP contribution in [0.4, 0.5) is 4.39 Å². The summed E-state index contributed by atoms with van der Waals surface area (Å²) in [7, 11) is 0. The highest BCUT2D eigenvalue weighted by molar-refractivity contribution is 6.31. The number of aliphatic imine (C=N–C) groups is 1. The second-order valence-electron chi connectivity index (χ2n) is 3.39. The van der Waals surface area contributed by atoms with Crippen LogP contribution in [0, 0.1) is 5.92 Å². The van der Waals surface area contributed by atoms with Gasteiger partial charge in [-0.25, -0.2) is 9.38 Å². The minimum absolute atomic E-state index is 0.0564. The molecule has 2 nitrogen and oxygen atoms in total. The van der Waals surface area contributed by atoms with E-state index in [1.807, 2.05) is 6.92 Å². The maximum Gasteiger partial charge on any atom is 0.232 e. The fourth-order valence-corrected chi connectivity index (χ4v) is 1.04. The SMILES string of the molecule is C=N/C(OCCF)=C(Cl)\C=C(/C)C(C)C. The fraction of sp³-hybridized carbons (Fsp3) is 0.545. The third-order valence-electron chi connectivity index (χ3n) is 1.93. The van der Waals surface area contributed by atoms with Crippen molar-refractivity contribution in [2.24, 2.45) is 10.9 Å². The van der Waals surface area contributed by atoms with Gasteiger partial charge in [0.25, 0.3) is 0 Å². The van der Waals surface area contributed by atoms with Crippen molar-refractivity contribution >= 4 is 18.3 Å². The smallest absolute Gasteiger partial charge is 0.232 e. The molecule has 0 saturated heterocycles. The van der Waals surface area contributed by atoms with E-state index in [1.165, 1.54) is 0 Å². The van der Waals surface area contributed by atoms with Crippen LogP contribution in [-0.4, -0.2) is 20.0 Å². The van der Waals surface area contributed by atoms with Gasteiger partial charge in [0.1, 0.15) is 18.3 Å². The van der Waals surface area contributed by atoms with Crippen molar-refractivity contribution in [2.75, 3.05) is 13.3 Å². The van der Waals surface area contributed by atoms with Crippen LogP contribution < -0.4 is 0 Å². The van der Waals surface area contributed by atoms with Gasteiger partial charge in [0.15, 0.2) is 0 Å². The van der Waals surface area contributed by atoms with E-state index in [4.69, 9.17) is 16.3 Å². The summed E-state index contributed by atoms with van der Waals surface area (Å²) in [5.41, 5.74) is 1.10. The summed E-state index contributed by atoms with van der Waals surface area (Å²) >= 11 is 5.94. The maximum absolute atomic E-state index is 11.9. The first-order valence-electron chi connectivity index (χ1n) is 4.76. The molecule has 0 aromatic heterocycles. The van der Waals surface area contributed by atoms with Crippen LogP contribution >= 0.6 is 11.6 Å². The Morgan fingerprint density at radius 1 is 1.60 bits per heavy atom. The molecule has 0 aromatic carbocycles. The van der Waals surface area contributed by atoms with Crippen LogP contribution in [0.25, 0.3) is 0 Å². The number of ether oxygens (including phenoxy) is 1. The lowest BCUT2D eigenvalue weighted by Gasteiger charge is -2.07. The van der Waals surface area contributed by atoms with Gasteiger partial charge >= 0.3 is 0 Å². The van der Waals surface area contributed by atoms with Gasteiger partial charge in [0.2, 0.25) is 5.88 Å². The molecule has 0 aliphatic carbocycles. The summed E-state index contributed by atoms with van der Waals surface area (Å²) in [6.45, 7) is 8.76. The highest BCUT2D eigenvalue weighted by Gasteiger charge is 2.04. The highest BCUT2D eigenvalue weighted by Crippen LogP contribution is 2.18. The summed E-state index contributed by atoms with van der Waals surface area (Å²) in [4.78, 5) is 3.60. The van der Waals surface area contributed by atoms with Crippen LogP contribution in [0.2, 0.25) is 0 Å². The summed E-state index contributed by atoms with van der Waals surface area (Å²) in [6, 6.07) is 0. The molecule has 0 aromatic rings. The number of rotatable bonds is 6. The van der Waals surface area contributed by atoms with Gasteiger partial charge in [-0.05, 0) is 25.6 Å². The minimum atomic E-state index is -0.573. The predicted octanol–water partition coefficient (Wildman–Crippen LogP) is 3.68. The number of halogens is 2. The van der Waals surface area contributed by atoms with Gasteiger partial charge in [-0.3, -0.25) is 0 Å². The minimum Gasteiger partial charge on any atom is -0.474 e. The van der Waals surface area contributed by atoms with Gasteiger partial charge in [-0.15, -0.1) is 0 Å². The quantitative estimate of drug-likeness (QED) is 0.390. The fourth-order valence-electron chi connectivity index (χ4n) is 0.754. The molecule has 0 fully saturated rings. The predicted molar refractivity (Wildman–Crippen MR) is 63.0 cm³/mol. The third kappa shape index (κ3) is 5.57. The number of alkyl halides is 1. The van der Waals surface area contributed by atoms with Gasteiger partial charge in [0, 0.05) is 0 Å². The Labute approximate surface area is 95.5 Å². The second kappa shape index (κ2) is 7.46. The van der Waals surface area contributed by atoms with E-state index in [2.05, 4.69) is 25.6 Å². The average molecular weight is 234 g/mol. The van der Waals surface area contributed by atoms with Gasteiger partial charge < -0.3 is 4.74 Å². The lowest BCUT2D eigenvalue weighted by molar-refractivity contribution is 0.185. The average Bonchev–Trinajstić information content (AvgIpc) is 2.18. The van der Waals surface area contributed by atoms with E-state index < -0.39 is 6.67 Å². The molecule has 86 valence electrons. The standard InChI is InChI=1S/C11H17ClFNO/c1-8(2)9(3)7-10(12)11(14-4)15-6-5-13/h7-8H,4-6H2,1-3H3/b9-7+,11-10-. The molecule has 0 aliphatic heterocycles. The molecule has 0 aliphatic rings. The lowest BCUT2D eigenvalue weighted by Crippen LogP contribution is -1.97. The van der Waals surface area contributed by atoms with Crippen molar-refractivity contribution in [2.45, 2.75) is 20.8 Å². The Hall–Kier alpha value is -0.830. The molecule has 0 saturated carbocycles. The van der Waals surface area contributed by atoms with E-state index in [0.717, 1.165) is 5.57 Å². The van der Waals surface area contributed by atoms with Crippen LogP contribution in [-0.2, 0) is 4.74 Å². The molecule has 0 radical (unpaired) electrons. The van der Waals surface area contributed by atoms with Crippen LogP contribution in [0.1, 0.15) is 20.8 Å². The summed E-state index contributed by atoms with van der Waals surface area (Å²) in [5.74, 6) is 0.570. The number of hydrogen-bond donors (Lipinski definition) is 0. The largest absolute Gasteiger partial charge is 0.474 e. The zero-order valence-electron chi connectivity index (χ0n) is 9.39. The van der Waals surface area contributed by atoms with Crippen LogP contribution in [0.3, 0.4) is 0 Å². The highest BCUT2D eigenvalue weighted by atomic mass is 35.5. The zero-order chi connectivity index (χ0) is 11.8. The Bertz CT molecular complexity index is 272. The monoisotopic (exact) mass is 233 g/mol. The van der Waals surface area contributed by atoms with E-state index in [9.17, 15) is 4.39 Å². The zero-order valence-corrected chi connectivity index (χ0v) is 10.1. The molecule has 0 bridgehead atoms. The molecule has 0 amide bonds. The third-order valence-corrected chi connectivity index (χ3v) is 2.20. The molecule has 0 heterocycles. The first-order chi connectivity index (χ1) is 7.02. The molecule has 0 atom stereocenters. The lowest BCUT2D eigenvalue weighted by atomic mass is 10.1. The van der Waals surface area contributed by atoms with Gasteiger partial charge in [-0.2, -0.15) is 0 Å². The second-order valence-corrected chi connectivity index (χ2v) is 3.80. The molecule has 0 rings (SSSR count). The summed E-state index contributed by atoms with van der Waals surface area (Å²) in [6.07, 6.45) is 1.76. The van der Waals surface area contributed by atoms with Gasteiger partial charge in [0.05, 0.1) is 0 Å². The van der Waals surface area contributed by atoms with Crippen molar-refractivity contribution in [1.82, 2.24) is 0 Å². The number of nitrogens with zero attached hydrogens (tertiary/aromatic N) is 1. The summed E-state index contributed by atoms with van der Waals surface area (Å²) in [5, 5.41) is 0.352. The Morgan fingerprint density at radius 2 is 2.20 bits per heavy atom. The van der Waals surface area contributed by atoms with Crippen LogP contribution in [0.15, 0.2) is 27.6 Å². The van der Waals surface area contributed by atoms with Crippen molar-refractivity contribution in [3.05, 3.63) is 22.6 Å². The topological polar surface area (TPSA) is 21.6 Å². The van der Waals surface area contributed by atoms with E-state index in [-0.39, 0.29) is 12.5 Å². The Balaban J connectivity index is 4.71. The Morgan fingerprint density at radius 3 is 2.60 bits per heavy atom. The van der Waals surface area contributed by atoms with E-state index in [1.54, 1.807) is 6.08 Å². The van der Waals surface area contributed by atoms with Gasteiger partial charge in [-0.1, -0.05) is 31.0 Å². The van der Waals surface area contributed by atoms with E-state index in [0.29, 0.717) is 11.0 Å². The molecule has 0 spiro atoms. The molecular weight excluding hydrogens is 217 g/mol. The summed E-state index contributed by atoms with van der Waals surface area (Å²) < 4.78 is 16.9. The van der Waals surface area contributed by atoms with Crippen molar-refractivity contribution < 1.29 is 9.13 Å². The van der Waals surface area contributed by atoms with Crippen molar-refractivity contribution in [3.63, 3.8) is 0 Å². The van der Waals surface area contributed by atoms with Crippen LogP contribution in [0.5, 0.6) is 0 Å². The van der Waals surface area contributed by atoms with E-state index >= 15 is 0 Å². The Kier molecular flexibility index (Phi) is 7.05. The van der Waals surface area contributed by atoms with Crippen molar-refractivity contribution in [3.8, 4) is 0 Å². The molecule has 15 heavy (non-hydrogen) atoms.